The number of nitrogens with zero attached hydrogens (tertiary/aromatic N) is 2. The number of primary amides is 1. The Morgan fingerprint density at radius 1 is 1.38 bits per heavy atom. The summed E-state index contributed by atoms with van der Waals surface area (Å²) in [5.41, 5.74) is 5.19. The monoisotopic (exact) mass is 346 g/mol. The fourth-order valence-corrected chi connectivity index (χ4v) is 2.69. The first kappa shape index (κ1) is 17.0. The molecule has 0 unspecified atom stereocenters. The van der Waals surface area contributed by atoms with Crippen LogP contribution in [-0.2, 0) is 9.53 Å². The number of rotatable bonds is 8. The number of nitrogens with two attached hydrogens (primary N) is 1. The summed E-state index contributed by atoms with van der Waals surface area (Å²) in [4.78, 5) is 10.9. The van der Waals surface area contributed by atoms with Gasteiger partial charge in [-0.3, -0.25) is 4.79 Å². The van der Waals surface area contributed by atoms with E-state index in [1.165, 1.54) is 0 Å². The molecular formula is C14H20F2N4O4. The molecule has 3 rings (SSSR count). The molecule has 0 aromatic carbocycles. The normalized spacial score (nSPS) is 28.5. The van der Waals surface area contributed by atoms with Crippen molar-refractivity contribution >= 4 is 5.91 Å². The first-order chi connectivity index (χ1) is 11.4. The largest absolute Gasteiger partial charge is 0.447 e. The molecule has 134 valence electrons. The van der Waals surface area contributed by atoms with Crippen LogP contribution in [0.5, 0.6) is 6.08 Å². The van der Waals surface area contributed by atoms with Crippen LogP contribution in [0.1, 0.15) is 37.6 Å². The van der Waals surface area contributed by atoms with E-state index in [-0.39, 0.29) is 43.6 Å². The van der Waals surface area contributed by atoms with E-state index in [1.807, 2.05) is 0 Å². The third-order valence-corrected chi connectivity index (χ3v) is 4.12. The van der Waals surface area contributed by atoms with Crippen molar-refractivity contribution in [3.63, 3.8) is 0 Å². The summed E-state index contributed by atoms with van der Waals surface area (Å²) < 4.78 is 40.8. The Bertz CT molecular complexity index is 575. The number of amides is 1. The third kappa shape index (κ3) is 4.38. The average Bonchev–Trinajstić information content (AvgIpc) is 2.94. The number of nitrogens with one attached hydrogen (secondary N) is 1. The molecule has 24 heavy (non-hydrogen) atoms. The molecule has 3 atom stereocenters. The van der Waals surface area contributed by atoms with Gasteiger partial charge in [0, 0.05) is 12.8 Å². The smallest absolute Gasteiger partial charge is 0.414 e. The molecule has 2 aliphatic rings. The van der Waals surface area contributed by atoms with Crippen LogP contribution >= 0.6 is 0 Å². The maximum Gasteiger partial charge on any atom is 0.414 e. The van der Waals surface area contributed by atoms with E-state index in [9.17, 15) is 13.6 Å². The molecule has 1 aromatic heterocycles. The van der Waals surface area contributed by atoms with Gasteiger partial charge in [-0.25, -0.2) is 8.78 Å². The van der Waals surface area contributed by atoms with Crippen LogP contribution in [0, 0.1) is 5.92 Å². The fraction of sp³-hybridized carbons (Fsp3) is 0.786. The molecule has 0 spiro atoms. The van der Waals surface area contributed by atoms with Crippen LogP contribution in [0.25, 0.3) is 0 Å². The van der Waals surface area contributed by atoms with E-state index in [2.05, 4.69) is 15.5 Å². The Morgan fingerprint density at radius 3 is 2.79 bits per heavy atom. The topological polar surface area (TPSA) is 113 Å². The number of carbonyl (C=O) groups is 1. The number of piperidine rings is 1. The average molecular weight is 346 g/mol. The molecule has 1 amide bonds. The van der Waals surface area contributed by atoms with Gasteiger partial charge in [-0.2, -0.15) is 0 Å². The summed E-state index contributed by atoms with van der Waals surface area (Å²) in [6.07, 6.45) is 0.693. The third-order valence-electron chi connectivity index (χ3n) is 4.12. The fourth-order valence-electron chi connectivity index (χ4n) is 2.69. The zero-order chi connectivity index (χ0) is 17.2. The lowest BCUT2D eigenvalue weighted by molar-refractivity contribution is -0.119. The summed E-state index contributed by atoms with van der Waals surface area (Å²) in [7, 11) is 0. The van der Waals surface area contributed by atoms with Gasteiger partial charge >= 0.3 is 6.08 Å². The van der Waals surface area contributed by atoms with Crippen molar-refractivity contribution in [2.45, 2.75) is 43.8 Å². The van der Waals surface area contributed by atoms with E-state index in [0.717, 1.165) is 12.8 Å². The highest BCUT2D eigenvalue weighted by molar-refractivity contribution is 5.74. The van der Waals surface area contributed by atoms with Crippen LogP contribution in [0.2, 0.25) is 0 Å². The van der Waals surface area contributed by atoms with Gasteiger partial charge in [0.05, 0.1) is 12.6 Å². The first-order valence-electron chi connectivity index (χ1n) is 7.91. The minimum atomic E-state index is -2.70. The standard InChI is InChI=1S/C14H20F2N4O4/c15-14(16)6-10(14)22-3-4-23-13-20-19-12(24-13)9-2-1-8(7-18-9)5-11(17)21/h8-10,18H,1-7H2,(H2,17,21)/t8-,9+,10+/m0/s1. The molecule has 2 fully saturated rings. The number of carbonyl (C=O) groups excluding carboxylic acids is 1. The van der Waals surface area contributed by atoms with Crippen molar-refractivity contribution in [1.82, 2.24) is 15.5 Å². The van der Waals surface area contributed by atoms with E-state index in [1.54, 1.807) is 0 Å². The van der Waals surface area contributed by atoms with Crippen molar-refractivity contribution in [3.8, 4) is 6.08 Å². The molecular weight excluding hydrogens is 326 g/mol. The van der Waals surface area contributed by atoms with Crippen molar-refractivity contribution < 1.29 is 27.5 Å². The second-order valence-electron chi connectivity index (χ2n) is 6.15. The highest BCUT2D eigenvalue weighted by Crippen LogP contribution is 2.44. The van der Waals surface area contributed by atoms with Crippen LogP contribution in [-0.4, -0.2) is 47.9 Å². The molecule has 0 bridgehead atoms. The molecule has 1 saturated carbocycles. The van der Waals surface area contributed by atoms with Gasteiger partial charge in [-0.05, 0) is 25.3 Å². The number of hydrogen-bond donors (Lipinski definition) is 2. The Morgan fingerprint density at radius 2 is 2.17 bits per heavy atom. The summed E-state index contributed by atoms with van der Waals surface area (Å²) in [5, 5.41) is 10.9. The first-order valence-corrected chi connectivity index (χ1v) is 7.91. The lowest BCUT2D eigenvalue weighted by Gasteiger charge is -2.26. The van der Waals surface area contributed by atoms with Crippen LogP contribution in [0.15, 0.2) is 4.42 Å². The van der Waals surface area contributed by atoms with Gasteiger partial charge < -0.3 is 24.9 Å². The lowest BCUT2D eigenvalue weighted by Crippen LogP contribution is -2.35. The molecule has 8 nitrogen and oxygen atoms in total. The number of hydrogen-bond acceptors (Lipinski definition) is 7. The van der Waals surface area contributed by atoms with Crippen molar-refractivity contribution in [1.29, 1.82) is 0 Å². The van der Waals surface area contributed by atoms with Crippen LogP contribution in [0.3, 0.4) is 0 Å². The predicted octanol–water partition coefficient (Wildman–Crippen LogP) is 0.789. The second kappa shape index (κ2) is 6.98. The zero-order valence-corrected chi connectivity index (χ0v) is 13.0. The quantitative estimate of drug-likeness (QED) is 0.669. The Kier molecular flexibility index (Phi) is 4.95. The van der Waals surface area contributed by atoms with Crippen molar-refractivity contribution in [2.75, 3.05) is 19.8 Å². The molecule has 1 saturated heterocycles. The van der Waals surface area contributed by atoms with Gasteiger partial charge in [-0.1, -0.05) is 5.10 Å². The lowest BCUT2D eigenvalue weighted by atomic mass is 9.92. The molecule has 1 aromatic rings. The zero-order valence-electron chi connectivity index (χ0n) is 13.0. The van der Waals surface area contributed by atoms with Crippen LogP contribution < -0.4 is 15.8 Å². The van der Waals surface area contributed by atoms with Gasteiger partial charge in [0.1, 0.15) is 12.7 Å². The highest BCUT2D eigenvalue weighted by Gasteiger charge is 2.58. The summed E-state index contributed by atoms with van der Waals surface area (Å²) in [5.74, 6) is -2.39. The Labute approximate surface area is 137 Å². The molecule has 3 N–H and O–H groups in total. The molecule has 1 aliphatic carbocycles. The number of alkyl halides is 2. The van der Waals surface area contributed by atoms with E-state index < -0.39 is 12.0 Å². The Hall–Kier alpha value is -1.81. The van der Waals surface area contributed by atoms with Gasteiger partial charge in [0.2, 0.25) is 11.8 Å². The number of halogens is 2. The maximum absolute atomic E-state index is 12.6. The van der Waals surface area contributed by atoms with Crippen molar-refractivity contribution in [2.24, 2.45) is 11.7 Å². The summed E-state index contributed by atoms with van der Waals surface area (Å²) >= 11 is 0. The molecule has 1 aliphatic heterocycles. The van der Waals surface area contributed by atoms with E-state index >= 15 is 0 Å². The van der Waals surface area contributed by atoms with E-state index in [4.69, 9.17) is 19.6 Å². The SMILES string of the molecule is NC(=O)C[C@@H]1CC[C@H](c2nnc(OCCO[C@@H]3CC3(F)F)o2)NC1. The maximum atomic E-state index is 12.6. The number of aromatic nitrogens is 2. The highest BCUT2D eigenvalue weighted by atomic mass is 19.3. The van der Waals surface area contributed by atoms with Gasteiger partial charge in [0.25, 0.3) is 5.92 Å². The number of ether oxygens (including phenoxy) is 2. The molecule has 10 heteroatoms. The summed E-state index contributed by atoms with van der Waals surface area (Å²) in [6.45, 7) is 0.747. The van der Waals surface area contributed by atoms with Gasteiger partial charge in [-0.15, -0.1) is 5.10 Å². The minimum absolute atomic E-state index is 0.0165. The predicted molar refractivity (Wildman–Crippen MR) is 76.4 cm³/mol. The Balaban J connectivity index is 1.37. The summed E-state index contributed by atoms with van der Waals surface area (Å²) in [6, 6.07) is -0.0969. The molecule has 2 heterocycles. The minimum Gasteiger partial charge on any atom is -0.447 e. The molecule has 0 radical (unpaired) electrons. The van der Waals surface area contributed by atoms with E-state index in [0.29, 0.717) is 18.9 Å². The second-order valence-corrected chi connectivity index (χ2v) is 6.15. The van der Waals surface area contributed by atoms with Crippen LogP contribution in [0.4, 0.5) is 8.78 Å². The van der Waals surface area contributed by atoms with Crippen molar-refractivity contribution in [3.05, 3.63) is 5.89 Å². The van der Waals surface area contributed by atoms with Gasteiger partial charge in [0.15, 0.2) is 0 Å².